The van der Waals surface area contributed by atoms with Crippen molar-refractivity contribution in [1.82, 2.24) is 10.2 Å². The van der Waals surface area contributed by atoms with Crippen LogP contribution >= 0.6 is 15.9 Å². The number of benzene rings is 3. The third kappa shape index (κ3) is 7.57. The second-order valence-corrected chi connectivity index (χ2v) is 9.25. The zero-order valence-corrected chi connectivity index (χ0v) is 20.8. The number of hydrogen-bond acceptors (Lipinski definition) is 2. The Balaban J connectivity index is 1.96. The number of carbonyl (C=O) groups excluding carboxylic acids is 2. The number of nitrogens with one attached hydrogen (secondary N) is 1. The first-order valence-corrected chi connectivity index (χ1v) is 12.2. The molecule has 0 bridgehead atoms. The average molecular weight is 507 g/mol. The fourth-order valence-corrected chi connectivity index (χ4v) is 4.15. The Morgan fingerprint density at radius 1 is 0.879 bits per heavy atom. The molecule has 3 rings (SSSR count). The van der Waals surface area contributed by atoms with Gasteiger partial charge in [0.15, 0.2) is 0 Å². The second kappa shape index (κ2) is 12.4. The number of hydrogen-bond donors (Lipinski definition) is 1. The third-order valence-corrected chi connectivity index (χ3v) is 6.21. The fourth-order valence-electron chi connectivity index (χ4n) is 3.70. The molecule has 1 N–H and O–H groups in total. The van der Waals surface area contributed by atoms with Gasteiger partial charge in [0.1, 0.15) is 6.04 Å². The maximum Gasteiger partial charge on any atom is 0.243 e. The highest BCUT2D eigenvalue weighted by Gasteiger charge is 2.31. The Labute approximate surface area is 205 Å². The number of halogens is 1. The molecule has 0 aliphatic heterocycles. The highest BCUT2D eigenvalue weighted by Crippen LogP contribution is 2.19. The minimum absolute atomic E-state index is 0.0349. The topological polar surface area (TPSA) is 49.4 Å². The van der Waals surface area contributed by atoms with Gasteiger partial charge in [0.25, 0.3) is 0 Å². The molecular weight excluding hydrogens is 476 g/mol. The number of nitrogens with zero attached hydrogens (tertiary/aromatic N) is 1. The standard InChI is InChI=1S/C28H31BrN2O2/c1-3-21(2)30-28(33)26(18-22-11-6-4-7-12-22)31(20-24-15-10-16-25(29)17-24)27(32)19-23-13-8-5-9-14-23/h4-17,21,26H,3,18-20H2,1-2H3,(H,30,33)/t21-,26-/m0/s1. The summed E-state index contributed by atoms with van der Waals surface area (Å²) in [5.41, 5.74) is 2.93. The molecule has 0 saturated carbocycles. The normalized spacial score (nSPS) is 12.6. The molecule has 2 amide bonds. The van der Waals surface area contributed by atoms with Crippen molar-refractivity contribution in [2.75, 3.05) is 0 Å². The van der Waals surface area contributed by atoms with Gasteiger partial charge < -0.3 is 10.2 Å². The van der Waals surface area contributed by atoms with Crippen molar-refractivity contribution in [1.29, 1.82) is 0 Å². The lowest BCUT2D eigenvalue weighted by Crippen LogP contribution is -2.52. The van der Waals surface area contributed by atoms with E-state index in [0.717, 1.165) is 27.6 Å². The molecule has 0 aliphatic rings. The van der Waals surface area contributed by atoms with Gasteiger partial charge in [0, 0.05) is 23.5 Å². The van der Waals surface area contributed by atoms with Crippen LogP contribution in [0.15, 0.2) is 89.4 Å². The lowest BCUT2D eigenvalue weighted by Gasteiger charge is -2.32. The van der Waals surface area contributed by atoms with Gasteiger partial charge in [-0.3, -0.25) is 9.59 Å². The maximum atomic E-state index is 13.6. The Morgan fingerprint density at radius 3 is 2.09 bits per heavy atom. The summed E-state index contributed by atoms with van der Waals surface area (Å²) in [6, 6.07) is 26.9. The van der Waals surface area contributed by atoms with Crippen LogP contribution in [0.1, 0.15) is 37.0 Å². The van der Waals surface area contributed by atoms with Gasteiger partial charge in [-0.05, 0) is 42.2 Å². The van der Waals surface area contributed by atoms with E-state index in [1.54, 1.807) is 4.90 Å². The summed E-state index contributed by atoms with van der Waals surface area (Å²) in [7, 11) is 0. The quantitative estimate of drug-likeness (QED) is 0.392. The molecular formula is C28H31BrN2O2. The molecule has 4 nitrogen and oxygen atoms in total. The molecule has 3 aromatic rings. The minimum Gasteiger partial charge on any atom is -0.352 e. The van der Waals surface area contributed by atoms with Crippen LogP contribution in [0.4, 0.5) is 0 Å². The van der Waals surface area contributed by atoms with Gasteiger partial charge in [-0.2, -0.15) is 0 Å². The first-order valence-electron chi connectivity index (χ1n) is 11.4. The molecule has 0 unspecified atom stereocenters. The summed E-state index contributed by atoms with van der Waals surface area (Å²) in [6.07, 6.45) is 1.53. The monoisotopic (exact) mass is 506 g/mol. The Kier molecular flexibility index (Phi) is 9.25. The van der Waals surface area contributed by atoms with E-state index < -0.39 is 6.04 Å². The van der Waals surface area contributed by atoms with Gasteiger partial charge >= 0.3 is 0 Å². The van der Waals surface area contributed by atoms with Crippen molar-refractivity contribution in [3.05, 3.63) is 106 Å². The van der Waals surface area contributed by atoms with Gasteiger partial charge in [-0.1, -0.05) is 95.7 Å². The summed E-state index contributed by atoms with van der Waals surface area (Å²) in [6.45, 7) is 4.38. The first-order chi connectivity index (χ1) is 16.0. The number of rotatable bonds is 10. The van der Waals surface area contributed by atoms with Crippen molar-refractivity contribution in [2.24, 2.45) is 0 Å². The highest BCUT2D eigenvalue weighted by molar-refractivity contribution is 9.10. The van der Waals surface area contributed by atoms with E-state index in [2.05, 4.69) is 21.2 Å². The van der Waals surface area contributed by atoms with Crippen LogP contribution in [-0.4, -0.2) is 28.8 Å². The third-order valence-electron chi connectivity index (χ3n) is 5.71. The first kappa shape index (κ1) is 24.7. The summed E-state index contributed by atoms with van der Waals surface area (Å²) in [4.78, 5) is 28.8. The smallest absolute Gasteiger partial charge is 0.243 e. The molecule has 3 aromatic carbocycles. The van der Waals surface area contributed by atoms with Crippen molar-refractivity contribution in [3.8, 4) is 0 Å². The highest BCUT2D eigenvalue weighted by atomic mass is 79.9. The predicted molar refractivity (Wildman–Crippen MR) is 137 cm³/mol. The van der Waals surface area contributed by atoms with E-state index in [0.29, 0.717) is 13.0 Å². The summed E-state index contributed by atoms with van der Waals surface area (Å²) >= 11 is 3.52. The van der Waals surface area contributed by atoms with Gasteiger partial charge in [0.05, 0.1) is 6.42 Å². The van der Waals surface area contributed by atoms with Crippen molar-refractivity contribution >= 4 is 27.7 Å². The van der Waals surface area contributed by atoms with Gasteiger partial charge in [0.2, 0.25) is 11.8 Å². The van der Waals surface area contributed by atoms with Crippen LogP contribution in [-0.2, 0) is 29.0 Å². The number of amides is 2. The van der Waals surface area contributed by atoms with E-state index in [9.17, 15) is 9.59 Å². The van der Waals surface area contributed by atoms with Crippen molar-refractivity contribution in [3.63, 3.8) is 0 Å². The van der Waals surface area contributed by atoms with E-state index in [4.69, 9.17) is 0 Å². The maximum absolute atomic E-state index is 13.6. The Morgan fingerprint density at radius 2 is 1.48 bits per heavy atom. The molecule has 0 aliphatic carbocycles. The zero-order valence-electron chi connectivity index (χ0n) is 19.2. The fraction of sp³-hybridized carbons (Fsp3) is 0.286. The summed E-state index contributed by atoms with van der Waals surface area (Å²) in [5.74, 6) is -0.189. The summed E-state index contributed by atoms with van der Waals surface area (Å²) in [5, 5.41) is 3.10. The zero-order chi connectivity index (χ0) is 23.6. The van der Waals surface area contributed by atoms with Crippen LogP contribution in [0.5, 0.6) is 0 Å². The summed E-state index contributed by atoms with van der Waals surface area (Å²) < 4.78 is 0.944. The molecule has 0 radical (unpaired) electrons. The minimum atomic E-state index is -0.614. The van der Waals surface area contributed by atoms with Crippen LogP contribution in [0, 0.1) is 0 Å². The van der Waals surface area contributed by atoms with Crippen LogP contribution in [0.25, 0.3) is 0 Å². The molecule has 172 valence electrons. The molecule has 33 heavy (non-hydrogen) atoms. The second-order valence-electron chi connectivity index (χ2n) is 8.34. The largest absolute Gasteiger partial charge is 0.352 e. The van der Waals surface area contributed by atoms with E-state index in [1.165, 1.54) is 0 Å². The Hall–Kier alpha value is -2.92. The van der Waals surface area contributed by atoms with Crippen molar-refractivity contribution < 1.29 is 9.59 Å². The molecule has 0 aromatic heterocycles. The van der Waals surface area contributed by atoms with Gasteiger partial charge in [-0.25, -0.2) is 0 Å². The predicted octanol–water partition coefficient (Wildman–Crippen LogP) is 5.55. The van der Waals surface area contributed by atoms with E-state index >= 15 is 0 Å². The number of carbonyl (C=O) groups is 2. The van der Waals surface area contributed by atoms with Crippen molar-refractivity contribution in [2.45, 2.75) is 51.7 Å². The lowest BCUT2D eigenvalue weighted by molar-refractivity contribution is -0.141. The molecule has 5 heteroatoms. The van der Waals surface area contributed by atoms with Crippen LogP contribution in [0.2, 0.25) is 0 Å². The SMILES string of the molecule is CC[C@H](C)NC(=O)[C@H](Cc1ccccc1)N(Cc1cccc(Br)c1)C(=O)Cc1ccccc1. The van der Waals surface area contributed by atoms with E-state index in [1.807, 2.05) is 98.8 Å². The van der Waals surface area contributed by atoms with Crippen LogP contribution in [0.3, 0.4) is 0 Å². The average Bonchev–Trinajstić information content (AvgIpc) is 2.82. The molecule has 2 atom stereocenters. The lowest BCUT2D eigenvalue weighted by atomic mass is 10.0. The molecule has 0 saturated heterocycles. The molecule has 0 heterocycles. The molecule has 0 fully saturated rings. The van der Waals surface area contributed by atoms with Crippen LogP contribution < -0.4 is 5.32 Å². The molecule has 0 spiro atoms. The van der Waals surface area contributed by atoms with E-state index in [-0.39, 0.29) is 24.3 Å². The Bertz CT molecular complexity index is 1040. The van der Waals surface area contributed by atoms with Gasteiger partial charge in [-0.15, -0.1) is 0 Å².